The number of hydrogen-bond donors (Lipinski definition) is 4. The van der Waals surface area contributed by atoms with Crippen molar-refractivity contribution in [2.75, 3.05) is 40.9 Å². The lowest BCUT2D eigenvalue weighted by Gasteiger charge is -2.00. The smallest absolute Gasteiger partial charge is 0.220 e. The first-order chi connectivity index (χ1) is 11.4. The van der Waals surface area contributed by atoms with Crippen molar-refractivity contribution in [2.24, 2.45) is 0 Å². The zero-order valence-corrected chi connectivity index (χ0v) is 16.4. The number of amides is 1. The molecule has 0 aromatic rings. The Morgan fingerprint density at radius 2 is 1.38 bits per heavy atom. The van der Waals surface area contributed by atoms with E-state index < -0.39 is 0 Å². The van der Waals surface area contributed by atoms with Crippen LogP contribution in [-0.2, 0) is 14.4 Å². The van der Waals surface area contributed by atoms with E-state index in [1.165, 1.54) is 0 Å². The average molecular weight is 347 g/mol. The summed E-state index contributed by atoms with van der Waals surface area (Å²) in [5.41, 5.74) is 0. The van der Waals surface area contributed by atoms with Crippen LogP contribution in [0.3, 0.4) is 0 Å². The number of ketones is 2. The van der Waals surface area contributed by atoms with Gasteiger partial charge in [0.05, 0.1) is 19.8 Å². The van der Waals surface area contributed by atoms with Crippen molar-refractivity contribution in [2.45, 2.75) is 52.9 Å². The Morgan fingerprint density at radius 3 is 1.71 bits per heavy atom. The minimum Gasteiger partial charge on any atom is -0.344 e. The minimum atomic E-state index is 0.117. The summed E-state index contributed by atoms with van der Waals surface area (Å²) in [7, 11) is 5.34. The highest BCUT2D eigenvalue weighted by Gasteiger charge is 1.96. The molecule has 1 amide bonds. The molecular formula is C17H38N4O3. The van der Waals surface area contributed by atoms with Crippen molar-refractivity contribution in [1.29, 1.82) is 0 Å². The molecule has 0 saturated heterocycles. The molecule has 0 rings (SSSR count). The van der Waals surface area contributed by atoms with Crippen LogP contribution in [0.25, 0.3) is 0 Å². The van der Waals surface area contributed by atoms with Crippen LogP contribution in [-0.4, -0.2) is 58.4 Å². The lowest BCUT2D eigenvalue weighted by molar-refractivity contribution is -0.121. The van der Waals surface area contributed by atoms with Gasteiger partial charge in [0.2, 0.25) is 5.91 Å². The Hall–Kier alpha value is -1.31. The fourth-order valence-electron chi connectivity index (χ4n) is 1.41. The third kappa shape index (κ3) is 32.6. The van der Waals surface area contributed by atoms with Crippen LogP contribution in [0.5, 0.6) is 0 Å². The summed E-state index contributed by atoms with van der Waals surface area (Å²) in [6.07, 6.45) is 4.41. The zero-order chi connectivity index (χ0) is 19.2. The van der Waals surface area contributed by atoms with E-state index in [9.17, 15) is 14.4 Å². The van der Waals surface area contributed by atoms with Gasteiger partial charge in [-0.1, -0.05) is 20.3 Å². The molecule has 0 aliphatic carbocycles. The van der Waals surface area contributed by atoms with Crippen molar-refractivity contribution in [3.63, 3.8) is 0 Å². The number of carbonyl (C=O) groups excluding carboxylic acids is 3. The van der Waals surface area contributed by atoms with Gasteiger partial charge < -0.3 is 21.3 Å². The van der Waals surface area contributed by atoms with E-state index >= 15 is 0 Å². The second-order valence-electron chi connectivity index (χ2n) is 5.29. The quantitative estimate of drug-likeness (QED) is 0.414. The molecule has 0 saturated carbocycles. The molecule has 0 unspecified atom stereocenters. The van der Waals surface area contributed by atoms with Gasteiger partial charge in [0, 0.05) is 12.8 Å². The molecule has 0 aliphatic heterocycles. The van der Waals surface area contributed by atoms with Gasteiger partial charge in [-0.2, -0.15) is 0 Å². The molecule has 4 N–H and O–H groups in total. The molecular weight excluding hydrogens is 308 g/mol. The molecule has 144 valence electrons. The van der Waals surface area contributed by atoms with E-state index in [0.717, 1.165) is 25.7 Å². The van der Waals surface area contributed by atoms with E-state index in [4.69, 9.17) is 0 Å². The Labute approximate surface area is 147 Å². The van der Waals surface area contributed by atoms with Gasteiger partial charge >= 0.3 is 0 Å². The molecule has 0 aromatic heterocycles. The molecule has 24 heavy (non-hydrogen) atoms. The summed E-state index contributed by atoms with van der Waals surface area (Å²) in [6.45, 7) is 7.21. The maximum Gasteiger partial charge on any atom is 0.220 e. The highest BCUT2D eigenvalue weighted by atomic mass is 16.1. The number of unbranched alkanes of at least 4 members (excludes halogenated alkanes) is 1. The van der Waals surface area contributed by atoms with Crippen LogP contribution < -0.4 is 21.3 Å². The number of nitrogens with one attached hydrogen (secondary N) is 4. The Balaban J connectivity index is -0.000000282. The van der Waals surface area contributed by atoms with E-state index in [-0.39, 0.29) is 11.7 Å². The second-order valence-corrected chi connectivity index (χ2v) is 5.29. The minimum absolute atomic E-state index is 0.117. The molecule has 0 spiro atoms. The molecule has 0 atom stereocenters. The largest absolute Gasteiger partial charge is 0.344 e. The first kappa shape index (κ1) is 27.5. The second kappa shape index (κ2) is 23.9. The fraction of sp³-hybridized carbons (Fsp3) is 0.824. The van der Waals surface area contributed by atoms with E-state index in [1.54, 1.807) is 28.1 Å². The van der Waals surface area contributed by atoms with Gasteiger partial charge in [-0.05, 0) is 40.9 Å². The highest BCUT2D eigenvalue weighted by Crippen LogP contribution is 1.93. The molecule has 0 heterocycles. The van der Waals surface area contributed by atoms with Gasteiger partial charge in [-0.3, -0.25) is 14.4 Å². The summed E-state index contributed by atoms with van der Waals surface area (Å²) in [4.78, 5) is 31.4. The molecule has 0 bridgehead atoms. The van der Waals surface area contributed by atoms with Gasteiger partial charge in [0.15, 0.2) is 0 Å². The number of likely N-dealkylation sites (N-methyl/N-ethyl adjacent to an activating group) is 2. The predicted octanol–water partition coefficient (Wildman–Crippen LogP) is 0.840. The fourth-order valence-corrected chi connectivity index (χ4v) is 1.41. The average Bonchev–Trinajstić information content (AvgIpc) is 2.52. The maximum atomic E-state index is 10.7. The standard InChI is InChI=1S/C7H15NO.C6H14N2O.C4H9NO/c1-3-4-5-7(9)6-8-2;1-3-4-6(9)8-5-7-2;1-4(6)3-5-2/h8H,3-6H2,1-2H3;7H,3-5H2,1-2H3,(H,8,9);5H,3H2,1-2H3. The topological polar surface area (TPSA) is 99.3 Å². The lowest BCUT2D eigenvalue weighted by atomic mass is 10.2. The molecule has 7 heteroatoms. The normalized spacial score (nSPS) is 9.08. The number of Topliss-reactive ketones (excluding diaryl/α,β-unsaturated/α-hetero) is 2. The van der Waals surface area contributed by atoms with Crippen LogP contribution in [0, 0.1) is 0 Å². The maximum absolute atomic E-state index is 10.7. The summed E-state index contributed by atoms with van der Waals surface area (Å²) >= 11 is 0. The highest BCUT2D eigenvalue weighted by molar-refractivity contribution is 5.80. The Kier molecular flexibility index (Phi) is 27.5. The zero-order valence-electron chi connectivity index (χ0n) is 16.4. The van der Waals surface area contributed by atoms with Crippen molar-refractivity contribution in [3.8, 4) is 0 Å². The third-order valence-corrected chi connectivity index (χ3v) is 2.55. The van der Waals surface area contributed by atoms with Crippen molar-refractivity contribution < 1.29 is 14.4 Å². The molecule has 0 aliphatic rings. The SMILES string of the molecule is CCCC(=O)NCNC.CCCCC(=O)CNC.CNCC(C)=O. The number of rotatable bonds is 11. The lowest BCUT2D eigenvalue weighted by Crippen LogP contribution is -2.31. The molecule has 0 fully saturated rings. The van der Waals surface area contributed by atoms with Crippen LogP contribution in [0.15, 0.2) is 0 Å². The van der Waals surface area contributed by atoms with Crippen LogP contribution in [0.4, 0.5) is 0 Å². The number of hydrogen-bond acceptors (Lipinski definition) is 6. The van der Waals surface area contributed by atoms with Crippen LogP contribution in [0.2, 0.25) is 0 Å². The molecule has 0 radical (unpaired) electrons. The molecule has 0 aromatic carbocycles. The summed E-state index contributed by atoms with van der Waals surface area (Å²) < 4.78 is 0. The third-order valence-electron chi connectivity index (χ3n) is 2.55. The van der Waals surface area contributed by atoms with Crippen LogP contribution >= 0.6 is 0 Å². The van der Waals surface area contributed by atoms with Crippen molar-refractivity contribution in [1.82, 2.24) is 21.3 Å². The van der Waals surface area contributed by atoms with Crippen molar-refractivity contribution >= 4 is 17.5 Å². The van der Waals surface area contributed by atoms with E-state index in [0.29, 0.717) is 32.0 Å². The summed E-state index contributed by atoms with van der Waals surface area (Å²) in [6, 6.07) is 0. The first-order valence-electron chi connectivity index (χ1n) is 8.61. The molecule has 7 nitrogen and oxygen atoms in total. The van der Waals surface area contributed by atoms with Gasteiger partial charge in [0.25, 0.3) is 0 Å². The van der Waals surface area contributed by atoms with E-state index in [1.807, 2.05) is 6.92 Å². The number of carbonyl (C=O) groups is 3. The summed E-state index contributed by atoms with van der Waals surface area (Å²) in [5.74, 6) is 0.615. The predicted molar refractivity (Wildman–Crippen MR) is 100 cm³/mol. The first-order valence-corrected chi connectivity index (χ1v) is 8.61. The Morgan fingerprint density at radius 1 is 0.792 bits per heavy atom. The monoisotopic (exact) mass is 346 g/mol. The van der Waals surface area contributed by atoms with Gasteiger partial charge in [0.1, 0.15) is 11.6 Å². The Bertz CT molecular complexity index is 288. The van der Waals surface area contributed by atoms with Crippen molar-refractivity contribution in [3.05, 3.63) is 0 Å². The van der Waals surface area contributed by atoms with Crippen LogP contribution in [0.1, 0.15) is 52.9 Å². The van der Waals surface area contributed by atoms with E-state index in [2.05, 4.69) is 28.2 Å². The van der Waals surface area contributed by atoms with Gasteiger partial charge in [-0.15, -0.1) is 0 Å². The summed E-state index contributed by atoms with van der Waals surface area (Å²) in [5, 5.41) is 11.1. The van der Waals surface area contributed by atoms with Gasteiger partial charge in [-0.25, -0.2) is 0 Å².